The van der Waals surface area contributed by atoms with E-state index in [2.05, 4.69) is 17.9 Å². The Morgan fingerprint density at radius 2 is 1.77 bits per heavy atom. The highest BCUT2D eigenvalue weighted by atomic mass is 16.7. The third kappa shape index (κ3) is 3.30. The third-order valence-electron chi connectivity index (χ3n) is 4.63. The Labute approximate surface area is 151 Å². The van der Waals surface area contributed by atoms with E-state index in [-0.39, 0.29) is 12.4 Å². The fourth-order valence-corrected chi connectivity index (χ4v) is 3.32. The van der Waals surface area contributed by atoms with E-state index in [1.807, 2.05) is 37.4 Å². The van der Waals surface area contributed by atoms with Crippen LogP contribution in [0.25, 0.3) is 11.0 Å². The second-order valence-electron chi connectivity index (χ2n) is 6.63. The van der Waals surface area contributed by atoms with Gasteiger partial charge in [-0.1, -0.05) is 25.1 Å². The lowest BCUT2D eigenvalue weighted by atomic mass is 10.1. The van der Waals surface area contributed by atoms with Crippen LogP contribution in [0.3, 0.4) is 0 Å². The molecule has 26 heavy (non-hydrogen) atoms. The molecule has 4 rings (SSSR count). The van der Waals surface area contributed by atoms with E-state index in [4.69, 9.17) is 13.9 Å². The van der Waals surface area contributed by atoms with E-state index in [1.165, 1.54) is 0 Å². The van der Waals surface area contributed by atoms with Gasteiger partial charge in [-0.15, -0.1) is 0 Å². The maximum Gasteiger partial charge on any atom is 0.336 e. The zero-order valence-electron chi connectivity index (χ0n) is 15.0. The molecule has 0 atom stereocenters. The quantitative estimate of drug-likeness (QED) is 0.656. The van der Waals surface area contributed by atoms with Crippen molar-refractivity contribution in [3.63, 3.8) is 0 Å². The lowest BCUT2D eigenvalue weighted by Gasteiger charge is -2.18. The van der Waals surface area contributed by atoms with E-state index in [1.54, 1.807) is 6.07 Å². The first-order valence-corrected chi connectivity index (χ1v) is 8.75. The minimum absolute atomic E-state index is 0.278. The highest BCUT2D eigenvalue weighted by Gasteiger charge is 2.14. The zero-order chi connectivity index (χ0) is 18.1. The summed E-state index contributed by atoms with van der Waals surface area (Å²) >= 11 is 0. The van der Waals surface area contributed by atoms with Gasteiger partial charge in [-0.3, -0.25) is 4.90 Å². The van der Waals surface area contributed by atoms with Crippen LogP contribution in [0.4, 0.5) is 0 Å². The van der Waals surface area contributed by atoms with Gasteiger partial charge in [0.2, 0.25) is 6.79 Å². The number of nitrogens with zero attached hydrogens (tertiary/aromatic N) is 1. The van der Waals surface area contributed by atoms with Crippen LogP contribution < -0.4 is 15.1 Å². The van der Waals surface area contributed by atoms with Crippen LogP contribution in [0.15, 0.2) is 51.7 Å². The number of ether oxygens (including phenoxy) is 2. The van der Waals surface area contributed by atoms with Gasteiger partial charge in [-0.2, -0.15) is 0 Å². The smallest absolute Gasteiger partial charge is 0.336 e. The Morgan fingerprint density at radius 3 is 2.62 bits per heavy atom. The molecule has 0 fully saturated rings. The summed E-state index contributed by atoms with van der Waals surface area (Å²) in [7, 11) is 2.03. The molecule has 0 bridgehead atoms. The fraction of sp³-hybridized carbons (Fsp3) is 0.286. The van der Waals surface area contributed by atoms with Crippen LogP contribution in [-0.4, -0.2) is 18.7 Å². The van der Waals surface area contributed by atoms with Crippen molar-refractivity contribution in [1.29, 1.82) is 0 Å². The molecule has 0 amide bonds. The van der Waals surface area contributed by atoms with Crippen LogP contribution in [0.1, 0.15) is 23.6 Å². The molecule has 3 aromatic rings. The summed E-state index contributed by atoms with van der Waals surface area (Å²) in [5.41, 5.74) is 3.62. The fourth-order valence-electron chi connectivity index (χ4n) is 3.32. The van der Waals surface area contributed by atoms with Crippen LogP contribution in [0.2, 0.25) is 0 Å². The Bertz CT molecular complexity index is 1010. The Balaban J connectivity index is 1.57. The Hall–Kier alpha value is -2.79. The van der Waals surface area contributed by atoms with Crippen LogP contribution in [-0.2, 0) is 19.5 Å². The number of fused-ring (bicyclic) bond motifs is 2. The first kappa shape index (κ1) is 16.7. The number of rotatable bonds is 5. The molecule has 0 saturated carbocycles. The molecule has 0 N–H and O–H groups in total. The summed E-state index contributed by atoms with van der Waals surface area (Å²) in [5, 5.41) is 0.985. The second-order valence-corrected chi connectivity index (χ2v) is 6.63. The molecule has 1 aromatic heterocycles. The van der Waals surface area contributed by atoms with Crippen molar-refractivity contribution in [2.24, 2.45) is 0 Å². The third-order valence-corrected chi connectivity index (χ3v) is 4.63. The molecule has 5 nitrogen and oxygen atoms in total. The van der Waals surface area contributed by atoms with Crippen molar-refractivity contribution in [2.45, 2.75) is 26.4 Å². The number of aryl methyl sites for hydroxylation is 1. The highest BCUT2D eigenvalue weighted by Crippen LogP contribution is 2.32. The molecule has 1 aliphatic heterocycles. The lowest BCUT2D eigenvalue weighted by molar-refractivity contribution is 0.174. The Morgan fingerprint density at radius 1 is 0.962 bits per heavy atom. The van der Waals surface area contributed by atoms with Gasteiger partial charge in [0.15, 0.2) is 11.5 Å². The average molecular weight is 351 g/mol. The lowest BCUT2D eigenvalue weighted by Crippen LogP contribution is -2.18. The van der Waals surface area contributed by atoms with Crippen molar-refractivity contribution in [3.8, 4) is 11.5 Å². The summed E-state index contributed by atoms with van der Waals surface area (Å²) in [6, 6.07) is 13.6. The molecule has 2 aromatic carbocycles. The minimum Gasteiger partial charge on any atom is -0.454 e. The second kappa shape index (κ2) is 6.84. The normalized spacial score (nSPS) is 12.9. The van der Waals surface area contributed by atoms with Gasteiger partial charge in [0.1, 0.15) is 5.58 Å². The topological polar surface area (TPSA) is 51.9 Å². The molecule has 1 aliphatic rings. The number of benzene rings is 2. The van der Waals surface area contributed by atoms with Crippen molar-refractivity contribution >= 4 is 11.0 Å². The van der Waals surface area contributed by atoms with Gasteiger partial charge in [-0.25, -0.2) is 4.79 Å². The summed E-state index contributed by atoms with van der Waals surface area (Å²) in [5.74, 6) is 1.57. The molecule has 0 unspecified atom stereocenters. The van der Waals surface area contributed by atoms with E-state index in [0.717, 1.165) is 46.5 Å². The summed E-state index contributed by atoms with van der Waals surface area (Å²) in [6.45, 7) is 3.76. The molecule has 0 radical (unpaired) electrons. The molecule has 0 aliphatic carbocycles. The number of hydrogen-bond acceptors (Lipinski definition) is 5. The van der Waals surface area contributed by atoms with Crippen molar-refractivity contribution < 1.29 is 13.9 Å². The minimum atomic E-state index is -0.308. The summed E-state index contributed by atoms with van der Waals surface area (Å²) < 4.78 is 16.2. The predicted molar refractivity (Wildman–Crippen MR) is 99.6 cm³/mol. The molecule has 5 heteroatoms. The SMILES string of the molecule is CCc1ccc2c(CN(C)Cc3ccc4c(c3)OCO4)cc(=O)oc2c1. The van der Waals surface area contributed by atoms with Crippen molar-refractivity contribution in [2.75, 3.05) is 13.8 Å². The molecule has 0 saturated heterocycles. The first-order valence-electron chi connectivity index (χ1n) is 8.75. The monoisotopic (exact) mass is 351 g/mol. The molecular formula is C21H21NO4. The largest absolute Gasteiger partial charge is 0.454 e. The molecule has 2 heterocycles. The first-order chi connectivity index (χ1) is 12.6. The summed E-state index contributed by atoms with van der Waals surface area (Å²) in [6.07, 6.45) is 0.911. The van der Waals surface area contributed by atoms with Gasteiger partial charge >= 0.3 is 5.63 Å². The van der Waals surface area contributed by atoms with Gasteiger partial charge in [0.25, 0.3) is 0 Å². The van der Waals surface area contributed by atoms with Crippen molar-refractivity contribution in [1.82, 2.24) is 4.90 Å². The number of hydrogen-bond donors (Lipinski definition) is 0. The van der Waals surface area contributed by atoms with Crippen LogP contribution >= 0.6 is 0 Å². The van der Waals surface area contributed by atoms with Crippen molar-refractivity contribution in [3.05, 3.63) is 69.6 Å². The van der Waals surface area contributed by atoms with Crippen LogP contribution in [0, 0.1) is 0 Å². The van der Waals surface area contributed by atoms with Gasteiger partial charge in [0.05, 0.1) is 0 Å². The maximum atomic E-state index is 12.0. The van der Waals surface area contributed by atoms with Gasteiger partial charge < -0.3 is 13.9 Å². The van der Waals surface area contributed by atoms with E-state index < -0.39 is 0 Å². The molecule has 0 spiro atoms. The highest BCUT2D eigenvalue weighted by molar-refractivity contribution is 5.80. The standard InChI is InChI=1S/C21H21NO4/c1-3-14-4-6-17-16(10-21(23)26-19(17)8-14)12-22(2)11-15-5-7-18-20(9-15)25-13-24-18/h4-10H,3,11-13H2,1-2H3. The molecular weight excluding hydrogens is 330 g/mol. The summed E-state index contributed by atoms with van der Waals surface area (Å²) in [4.78, 5) is 14.1. The Kier molecular flexibility index (Phi) is 4.39. The zero-order valence-corrected chi connectivity index (χ0v) is 15.0. The average Bonchev–Trinajstić information content (AvgIpc) is 3.08. The predicted octanol–water partition coefficient (Wildman–Crippen LogP) is 3.72. The van der Waals surface area contributed by atoms with Gasteiger partial charge in [0, 0.05) is 24.5 Å². The van der Waals surface area contributed by atoms with E-state index in [0.29, 0.717) is 12.1 Å². The maximum absolute atomic E-state index is 12.0. The van der Waals surface area contributed by atoms with E-state index >= 15 is 0 Å². The van der Waals surface area contributed by atoms with E-state index in [9.17, 15) is 4.79 Å². The van der Waals surface area contributed by atoms with Crippen LogP contribution in [0.5, 0.6) is 11.5 Å². The van der Waals surface area contributed by atoms with Gasteiger partial charge in [-0.05, 0) is 48.4 Å². The molecule has 134 valence electrons.